The van der Waals surface area contributed by atoms with Crippen molar-refractivity contribution in [3.63, 3.8) is 0 Å². The van der Waals surface area contributed by atoms with E-state index < -0.39 is 54.9 Å². The van der Waals surface area contributed by atoms with Gasteiger partial charge in [-0.3, -0.25) is 10.1 Å². The summed E-state index contributed by atoms with van der Waals surface area (Å²) >= 11 is 12.4. The monoisotopic (exact) mass is 664 g/mol. The van der Waals surface area contributed by atoms with Gasteiger partial charge in [0.2, 0.25) is 0 Å². The molecule has 2 aromatic rings. The Bertz CT molecular complexity index is 1450. The standard InChI is InChI=1S/C34H44Cl2F2N2O3Si/c1-31(2,3)43-30(41)29-27(22-11-9-12-24(36)28(22)38)34(19-39,23-14-13-21(35)17-25(23)37)26(40-29)18-33(15-10-16-33)20-42-44(7,8)32(4,5)6/h9,11-14,17,26-27,29,40H,10,15-16,18,20H2,1-8H3/t26-,27-,29+,34-/m0/s1. The third-order valence-electron chi connectivity index (χ3n) is 9.89. The first-order valence-corrected chi connectivity index (χ1v) is 18.9. The minimum Gasteiger partial charge on any atom is -0.459 e. The molecule has 1 saturated carbocycles. The summed E-state index contributed by atoms with van der Waals surface area (Å²) in [6.07, 6.45) is 3.12. The van der Waals surface area contributed by atoms with E-state index in [1.807, 2.05) is 0 Å². The third kappa shape index (κ3) is 6.59. The lowest BCUT2D eigenvalue weighted by molar-refractivity contribution is -0.157. The average molecular weight is 666 g/mol. The molecular formula is C34H44Cl2F2N2O3Si. The number of esters is 1. The number of ether oxygens (including phenoxy) is 1. The summed E-state index contributed by atoms with van der Waals surface area (Å²) < 4.78 is 44.5. The number of carbonyl (C=O) groups excluding carboxylic acids is 1. The highest BCUT2D eigenvalue weighted by atomic mass is 35.5. The highest BCUT2D eigenvalue weighted by molar-refractivity contribution is 6.74. The number of nitriles is 1. The Hall–Kier alpha value is -2.02. The van der Waals surface area contributed by atoms with Crippen molar-refractivity contribution >= 4 is 37.5 Å². The molecule has 240 valence electrons. The van der Waals surface area contributed by atoms with Crippen molar-refractivity contribution in [1.82, 2.24) is 5.32 Å². The summed E-state index contributed by atoms with van der Waals surface area (Å²) in [5.41, 5.74) is -2.81. The van der Waals surface area contributed by atoms with E-state index in [2.05, 4.69) is 45.3 Å². The molecule has 0 spiro atoms. The number of halogens is 4. The van der Waals surface area contributed by atoms with E-state index in [4.69, 9.17) is 32.4 Å². The zero-order valence-electron chi connectivity index (χ0n) is 26.9. The summed E-state index contributed by atoms with van der Waals surface area (Å²) in [4.78, 5) is 13.9. The van der Waals surface area contributed by atoms with Crippen LogP contribution in [0, 0.1) is 28.4 Å². The van der Waals surface area contributed by atoms with Crippen molar-refractivity contribution in [1.29, 1.82) is 5.26 Å². The van der Waals surface area contributed by atoms with E-state index in [-0.39, 0.29) is 31.6 Å². The SMILES string of the molecule is CC(C)(C)OC(=O)[C@@H]1N[C@@H](CC2(CO[Si](C)(C)C(C)(C)C)CCC2)[C@](C#N)(c2ccc(Cl)cc2F)[C@H]1c1cccc(Cl)c1F. The number of hydrogen-bond acceptors (Lipinski definition) is 5. The van der Waals surface area contributed by atoms with Crippen LogP contribution in [0.15, 0.2) is 36.4 Å². The molecule has 1 saturated heterocycles. The fourth-order valence-corrected chi connectivity index (χ4v) is 7.79. The number of hydrogen-bond donors (Lipinski definition) is 1. The fraction of sp³-hybridized carbons (Fsp3) is 0.588. The Balaban J connectivity index is 1.91. The quantitative estimate of drug-likeness (QED) is 0.225. The van der Waals surface area contributed by atoms with Crippen LogP contribution in [0.5, 0.6) is 0 Å². The van der Waals surface area contributed by atoms with Gasteiger partial charge < -0.3 is 9.16 Å². The Morgan fingerprint density at radius 2 is 1.77 bits per heavy atom. The van der Waals surface area contributed by atoms with Crippen molar-refractivity contribution in [3.05, 3.63) is 69.2 Å². The van der Waals surface area contributed by atoms with Crippen LogP contribution in [0.25, 0.3) is 0 Å². The molecule has 2 aliphatic rings. The Morgan fingerprint density at radius 3 is 2.30 bits per heavy atom. The topological polar surface area (TPSA) is 71.3 Å². The molecule has 4 rings (SSSR count). The van der Waals surface area contributed by atoms with Crippen molar-refractivity contribution < 1.29 is 22.7 Å². The molecule has 0 aromatic heterocycles. The second-order valence-electron chi connectivity index (χ2n) is 15.1. The van der Waals surface area contributed by atoms with E-state index in [0.29, 0.717) is 13.0 Å². The van der Waals surface area contributed by atoms with Crippen LogP contribution in [0.2, 0.25) is 28.2 Å². The lowest BCUT2D eigenvalue weighted by Gasteiger charge is -2.48. The minimum atomic E-state index is -2.11. The van der Waals surface area contributed by atoms with Gasteiger partial charge in [0.1, 0.15) is 28.7 Å². The molecule has 2 aromatic carbocycles. The van der Waals surface area contributed by atoms with Gasteiger partial charge in [-0.1, -0.05) is 68.6 Å². The van der Waals surface area contributed by atoms with Gasteiger partial charge in [0.05, 0.1) is 11.1 Å². The minimum absolute atomic E-state index is 0.00338. The predicted molar refractivity (Wildman–Crippen MR) is 173 cm³/mol. The first kappa shape index (κ1) is 34.8. The Kier molecular flexibility index (Phi) is 9.74. The molecule has 0 amide bonds. The first-order chi connectivity index (χ1) is 20.3. The van der Waals surface area contributed by atoms with Crippen LogP contribution in [-0.2, 0) is 19.4 Å². The van der Waals surface area contributed by atoms with Crippen LogP contribution in [-0.4, -0.2) is 38.6 Å². The molecule has 2 fully saturated rings. The molecule has 0 unspecified atom stereocenters. The van der Waals surface area contributed by atoms with Crippen LogP contribution in [0.3, 0.4) is 0 Å². The third-order valence-corrected chi connectivity index (χ3v) is 14.9. The molecule has 4 atom stereocenters. The summed E-state index contributed by atoms with van der Waals surface area (Å²) in [6.45, 7) is 16.7. The van der Waals surface area contributed by atoms with E-state index in [1.54, 1.807) is 26.8 Å². The maximum atomic E-state index is 16.0. The highest BCUT2D eigenvalue weighted by Gasteiger charge is 2.63. The molecule has 1 N–H and O–H groups in total. The Labute approximate surface area is 271 Å². The lowest BCUT2D eigenvalue weighted by Crippen LogP contribution is -2.51. The highest BCUT2D eigenvalue weighted by Crippen LogP contribution is 2.56. The van der Waals surface area contributed by atoms with Crippen LogP contribution in [0.4, 0.5) is 8.78 Å². The molecule has 1 heterocycles. The molecule has 1 aliphatic carbocycles. The summed E-state index contributed by atoms with van der Waals surface area (Å²) in [6, 6.07) is 9.12. The van der Waals surface area contributed by atoms with Gasteiger partial charge in [-0.2, -0.15) is 5.26 Å². The zero-order chi connectivity index (χ0) is 32.9. The normalized spacial score (nSPS) is 25.3. The zero-order valence-corrected chi connectivity index (χ0v) is 29.4. The maximum Gasteiger partial charge on any atom is 0.324 e. The second kappa shape index (κ2) is 12.3. The van der Waals surface area contributed by atoms with Crippen molar-refractivity contribution in [2.75, 3.05) is 6.61 Å². The summed E-state index contributed by atoms with van der Waals surface area (Å²) in [7, 11) is -2.11. The van der Waals surface area contributed by atoms with Crippen LogP contribution >= 0.6 is 23.2 Å². The van der Waals surface area contributed by atoms with Gasteiger partial charge in [-0.15, -0.1) is 0 Å². The van der Waals surface area contributed by atoms with Crippen molar-refractivity contribution in [2.24, 2.45) is 5.41 Å². The molecule has 10 heteroatoms. The Morgan fingerprint density at radius 1 is 1.11 bits per heavy atom. The molecule has 5 nitrogen and oxygen atoms in total. The number of rotatable bonds is 8. The van der Waals surface area contributed by atoms with Crippen LogP contribution < -0.4 is 5.32 Å². The van der Waals surface area contributed by atoms with Gasteiger partial charge in [0, 0.05) is 29.2 Å². The molecule has 1 aliphatic heterocycles. The predicted octanol–water partition coefficient (Wildman–Crippen LogP) is 9.08. The summed E-state index contributed by atoms with van der Waals surface area (Å²) in [5, 5.41) is 14.6. The first-order valence-electron chi connectivity index (χ1n) is 15.2. The lowest BCUT2D eigenvalue weighted by atomic mass is 9.59. The van der Waals surface area contributed by atoms with E-state index in [9.17, 15) is 10.1 Å². The average Bonchev–Trinajstić information content (AvgIpc) is 3.20. The largest absolute Gasteiger partial charge is 0.459 e. The number of carbonyl (C=O) groups is 1. The van der Waals surface area contributed by atoms with E-state index in [1.165, 1.54) is 24.3 Å². The number of nitrogens with one attached hydrogen (secondary N) is 1. The molecular weight excluding hydrogens is 621 g/mol. The number of nitrogens with zero attached hydrogens (tertiary/aromatic N) is 1. The van der Waals surface area contributed by atoms with E-state index >= 15 is 8.78 Å². The fourth-order valence-electron chi connectivity index (χ4n) is 6.35. The van der Waals surface area contributed by atoms with Gasteiger partial charge in [0.15, 0.2) is 8.32 Å². The smallest absolute Gasteiger partial charge is 0.324 e. The molecule has 0 bridgehead atoms. The van der Waals surface area contributed by atoms with Crippen molar-refractivity contribution in [3.8, 4) is 6.07 Å². The van der Waals surface area contributed by atoms with Gasteiger partial charge in [0.25, 0.3) is 0 Å². The van der Waals surface area contributed by atoms with E-state index in [0.717, 1.165) is 25.3 Å². The summed E-state index contributed by atoms with van der Waals surface area (Å²) in [5.74, 6) is -3.29. The second-order valence-corrected chi connectivity index (χ2v) is 20.7. The molecule has 0 radical (unpaired) electrons. The van der Waals surface area contributed by atoms with Gasteiger partial charge >= 0.3 is 5.97 Å². The number of benzene rings is 2. The molecule has 44 heavy (non-hydrogen) atoms. The van der Waals surface area contributed by atoms with Crippen molar-refractivity contribution in [2.45, 2.75) is 114 Å². The van der Waals surface area contributed by atoms with Crippen LogP contribution in [0.1, 0.15) is 84.3 Å². The van der Waals surface area contributed by atoms with Gasteiger partial charge in [-0.25, -0.2) is 8.78 Å². The maximum absolute atomic E-state index is 16.0. The van der Waals surface area contributed by atoms with Gasteiger partial charge in [-0.05, 0) is 87.3 Å².